The zero-order chi connectivity index (χ0) is 52.9. The minimum atomic E-state index is -0.778. The molecule has 418 valence electrons. The summed E-state index contributed by atoms with van der Waals surface area (Å²) in [4.78, 5) is 38.0. The standard InChI is InChI=1S/C67H114O6/c1-4-7-10-13-16-19-22-24-25-26-27-28-29-30-31-32-33-34-35-36-37-38-39-40-41-42-43-44-46-48-51-54-57-60-66(69)72-63-64(62-71-65(68)59-56-53-50-47-21-18-15-12-9-6-3)73-67(70)61-58-55-52-49-45-23-20-17-14-11-8-5-2/h7,10,12,15-16,19,24-25,27-28,30-31,33-34,36-37,64H,4-6,8-9,11,13-14,17-18,20-23,26,29,32,35,38-63H2,1-3H3/b10-7-,15-12-,19-16-,25-24-,28-27-,31-30-,34-33-,37-36-. The van der Waals surface area contributed by atoms with Crippen molar-refractivity contribution in [2.45, 2.75) is 297 Å². The molecule has 0 amide bonds. The summed E-state index contributed by atoms with van der Waals surface area (Å²) in [5.74, 6) is -0.886. The van der Waals surface area contributed by atoms with Crippen LogP contribution in [0.2, 0.25) is 0 Å². The second-order valence-electron chi connectivity index (χ2n) is 20.2. The van der Waals surface area contributed by atoms with E-state index < -0.39 is 6.10 Å². The van der Waals surface area contributed by atoms with Gasteiger partial charge in [0.05, 0.1) is 0 Å². The van der Waals surface area contributed by atoms with Gasteiger partial charge in [-0.2, -0.15) is 0 Å². The Hall–Kier alpha value is -3.67. The predicted molar refractivity (Wildman–Crippen MR) is 316 cm³/mol. The first-order chi connectivity index (χ1) is 36.0. The number of allylic oxidation sites excluding steroid dienone is 16. The van der Waals surface area contributed by atoms with Crippen molar-refractivity contribution in [1.29, 1.82) is 0 Å². The van der Waals surface area contributed by atoms with Gasteiger partial charge in [0.15, 0.2) is 6.10 Å². The fourth-order valence-electron chi connectivity index (χ4n) is 8.48. The Morgan fingerprint density at radius 2 is 0.562 bits per heavy atom. The molecule has 0 saturated heterocycles. The van der Waals surface area contributed by atoms with E-state index in [4.69, 9.17) is 14.2 Å². The third kappa shape index (κ3) is 59.1. The first-order valence-electron chi connectivity index (χ1n) is 30.7. The van der Waals surface area contributed by atoms with Gasteiger partial charge in [0.1, 0.15) is 13.2 Å². The lowest BCUT2D eigenvalue weighted by Crippen LogP contribution is -2.30. The van der Waals surface area contributed by atoms with Crippen LogP contribution in [0.1, 0.15) is 290 Å². The molecule has 73 heavy (non-hydrogen) atoms. The van der Waals surface area contributed by atoms with Crippen LogP contribution in [0, 0.1) is 0 Å². The molecule has 0 rings (SSSR count). The highest BCUT2D eigenvalue weighted by Gasteiger charge is 2.19. The number of ether oxygens (including phenoxy) is 3. The minimum Gasteiger partial charge on any atom is -0.462 e. The van der Waals surface area contributed by atoms with E-state index in [2.05, 4.69) is 118 Å². The largest absolute Gasteiger partial charge is 0.462 e. The van der Waals surface area contributed by atoms with Crippen molar-refractivity contribution in [3.8, 4) is 0 Å². The first kappa shape index (κ1) is 69.3. The maximum Gasteiger partial charge on any atom is 0.306 e. The minimum absolute atomic E-state index is 0.0786. The fraction of sp³-hybridized carbons (Fsp3) is 0.716. The summed E-state index contributed by atoms with van der Waals surface area (Å²) in [7, 11) is 0. The van der Waals surface area contributed by atoms with Crippen LogP contribution in [-0.4, -0.2) is 37.2 Å². The Bertz CT molecular complexity index is 1440. The van der Waals surface area contributed by atoms with Gasteiger partial charge in [0.2, 0.25) is 0 Å². The zero-order valence-corrected chi connectivity index (χ0v) is 47.9. The molecular formula is C67H114O6. The van der Waals surface area contributed by atoms with E-state index in [1.54, 1.807) is 0 Å². The molecule has 0 aliphatic rings. The molecule has 0 bridgehead atoms. The number of carbonyl (C=O) groups excluding carboxylic acids is 3. The van der Waals surface area contributed by atoms with Gasteiger partial charge in [-0.05, 0) is 96.3 Å². The van der Waals surface area contributed by atoms with Gasteiger partial charge in [-0.3, -0.25) is 14.4 Å². The summed E-state index contributed by atoms with van der Waals surface area (Å²) in [6.07, 6.45) is 81.4. The van der Waals surface area contributed by atoms with Crippen LogP contribution in [0.5, 0.6) is 0 Å². The third-order valence-corrected chi connectivity index (χ3v) is 13.1. The zero-order valence-electron chi connectivity index (χ0n) is 47.9. The molecule has 6 nitrogen and oxygen atoms in total. The summed E-state index contributed by atoms with van der Waals surface area (Å²) in [6, 6.07) is 0. The van der Waals surface area contributed by atoms with E-state index in [1.165, 1.54) is 135 Å². The second kappa shape index (κ2) is 60.9. The molecular weight excluding hydrogens is 901 g/mol. The molecule has 0 heterocycles. The molecule has 0 saturated carbocycles. The quantitative estimate of drug-likeness (QED) is 0.0261. The van der Waals surface area contributed by atoms with Crippen LogP contribution in [0.25, 0.3) is 0 Å². The molecule has 1 atom stereocenters. The van der Waals surface area contributed by atoms with E-state index in [1.807, 2.05) is 0 Å². The normalized spacial score (nSPS) is 12.8. The summed E-state index contributed by atoms with van der Waals surface area (Å²) in [6.45, 7) is 6.46. The number of rotatable bonds is 55. The van der Waals surface area contributed by atoms with E-state index in [0.29, 0.717) is 19.3 Å². The van der Waals surface area contributed by atoms with E-state index in [9.17, 15) is 14.4 Å². The summed E-state index contributed by atoms with van der Waals surface area (Å²) >= 11 is 0. The maximum atomic E-state index is 12.8. The SMILES string of the molecule is CC/C=C\C/C=C\C/C=C\C/C=C\C/C=C\C/C=C\C/C=C\CCCCCCCCCCCCCC(=O)OCC(COC(=O)CCCCCCC/C=C\CCC)OC(=O)CCCCCCCCCCCCCC. The molecule has 0 spiro atoms. The van der Waals surface area contributed by atoms with E-state index in [0.717, 1.165) is 116 Å². The van der Waals surface area contributed by atoms with Crippen molar-refractivity contribution in [3.05, 3.63) is 97.2 Å². The van der Waals surface area contributed by atoms with E-state index >= 15 is 0 Å². The Balaban J connectivity index is 4.12. The second-order valence-corrected chi connectivity index (χ2v) is 20.2. The van der Waals surface area contributed by atoms with Gasteiger partial charge in [-0.1, -0.05) is 272 Å². The summed E-state index contributed by atoms with van der Waals surface area (Å²) in [5, 5.41) is 0. The highest BCUT2D eigenvalue weighted by Crippen LogP contribution is 2.16. The molecule has 0 aliphatic carbocycles. The molecule has 0 fully saturated rings. The third-order valence-electron chi connectivity index (χ3n) is 13.1. The molecule has 0 aromatic heterocycles. The van der Waals surface area contributed by atoms with Crippen molar-refractivity contribution < 1.29 is 28.6 Å². The summed E-state index contributed by atoms with van der Waals surface area (Å²) < 4.78 is 16.8. The monoisotopic (exact) mass is 1010 g/mol. The van der Waals surface area contributed by atoms with Crippen LogP contribution in [0.3, 0.4) is 0 Å². The van der Waals surface area contributed by atoms with Crippen LogP contribution >= 0.6 is 0 Å². The highest BCUT2D eigenvalue weighted by atomic mass is 16.6. The predicted octanol–water partition coefficient (Wildman–Crippen LogP) is 20.9. The van der Waals surface area contributed by atoms with Crippen molar-refractivity contribution in [1.82, 2.24) is 0 Å². The average Bonchev–Trinajstić information content (AvgIpc) is 3.39. The Labute approximate surface area is 451 Å². The number of carbonyl (C=O) groups is 3. The van der Waals surface area contributed by atoms with Crippen molar-refractivity contribution in [2.75, 3.05) is 13.2 Å². The van der Waals surface area contributed by atoms with Crippen LogP contribution in [-0.2, 0) is 28.6 Å². The van der Waals surface area contributed by atoms with Gasteiger partial charge in [0, 0.05) is 19.3 Å². The number of unbranched alkanes of at least 4 members (excludes halogenated alkanes) is 28. The molecule has 0 aromatic carbocycles. The van der Waals surface area contributed by atoms with Gasteiger partial charge in [-0.25, -0.2) is 0 Å². The van der Waals surface area contributed by atoms with Crippen molar-refractivity contribution >= 4 is 17.9 Å². The molecule has 1 unspecified atom stereocenters. The molecule has 0 N–H and O–H groups in total. The molecule has 0 aliphatic heterocycles. The van der Waals surface area contributed by atoms with Gasteiger partial charge >= 0.3 is 17.9 Å². The topological polar surface area (TPSA) is 78.9 Å². The Morgan fingerprint density at radius 3 is 0.904 bits per heavy atom. The van der Waals surface area contributed by atoms with Crippen molar-refractivity contribution in [3.63, 3.8) is 0 Å². The lowest BCUT2D eigenvalue weighted by molar-refractivity contribution is -0.167. The number of hydrogen-bond donors (Lipinski definition) is 0. The number of hydrogen-bond acceptors (Lipinski definition) is 6. The number of esters is 3. The molecule has 0 aromatic rings. The van der Waals surface area contributed by atoms with Crippen LogP contribution < -0.4 is 0 Å². The van der Waals surface area contributed by atoms with Crippen LogP contribution in [0.4, 0.5) is 0 Å². The molecule has 6 heteroatoms. The van der Waals surface area contributed by atoms with Crippen LogP contribution in [0.15, 0.2) is 97.2 Å². The average molecular weight is 1020 g/mol. The first-order valence-corrected chi connectivity index (χ1v) is 30.7. The fourth-order valence-corrected chi connectivity index (χ4v) is 8.48. The van der Waals surface area contributed by atoms with Crippen molar-refractivity contribution in [2.24, 2.45) is 0 Å². The lowest BCUT2D eigenvalue weighted by atomic mass is 10.0. The van der Waals surface area contributed by atoms with Gasteiger partial charge in [0.25, 0.3) is 0 Å². The lowest BCUT2D eigenvalue weighted by Gasteiger charge is -2.18. The Morgan fingerprint density at radius 1 is 0.288 bits per heavy atom. The van der Waals surface area contributed by atoms with Gasteiger partial charge < -0.3 is 14.2 Å². The van der Waals surface area contributed by atoms with Gasteiger partial charge in [-0.15, -0.1) is 0 Å². The molecule has 0 radical (unpaired) electrons. The van der Waals surface area contributed by atoms with E-state index in [-0.39, 0.29) is 31.1 Å². The summed E-state index contributed by atoms with van der Waals surface area (Å²) in [5.41, 5.74) is 0. The maximum absolute atomic E-state index is 12.8. The smallest absolute Gasteiger partial charge is 0.306 e. The Kier molecular flexibility index (Phi) is 57.8. The highest BCUT2D eigenvalue weighted by molar-refractivity contribution is 5.71.